The molecule has 0 spiro atoms. The zero-order chi connectivity index (χ0) is 14.4. The van der Waals surface area contributed by atoms with Crippen molar-refractivity contribution in [2.24, 2.45) is 5.16 Å². The van der Waals surface area contributed by atoms with E-state index in [1.807, 2.05) is 30.3 Å². The van der Waals surface area contributed by atoms with Gasteiger partial charge in [0.05, 0.1) is 6.21 Å². The Bertz CT molecular complexity index is 626. The molecule has 0 aliphatic heterocycles. The second kappa shape index (κ2) is 6.86. The highest BCUT2D eigenvalue weighted by Crippen LogP contribution is 2.18. The molecule has 1 unspecified atom stereocenters. The first-order valence-corrected chi connectivity index (χ1v) is 7.58. The van der Waals surface area contributed by atoms with Crippen molar-refractivity contribution >= 4 is 17.0 Å². The van der Waals surface area contributed by atoms with Crippen LogP contribution in [0.5, 0.6) is 5.75 Å². The SMILES string of the molecule is CS(=O)c1ccc(O)c(/C=N/OCc2ccccc2)c1. The Morgan fingerprint density at radius 1 is 1.25 bits per heavy atom. The van der Waals surface area contributed by atoms with Crippen molar-refractivity contribution in [3.8, 4) is 5.75 Å². The normalized spacial score (nSPS) is 12.4. The van der Waals surface area contributed by atoms with Crippen LogP contribution in [0.25, 0.3) is 0 Å². The van der Waals surface area contributed by atoms with E-state index in [0.717, 1.165) is 5.56 Å². The van der Waals surface area contributed by atoms with Crippen LogP contribution in [-0.4, -0.2) is 21.8 Å². The third-order valence-corrected chi connectivity index (χ3v) is 3.59. The van der Waals surface area contributed by atoms with E-state index in [4.69, 9.17) is 4.84 Å². The topological polar surface area (TPSA) is 58.9 Å². The summed E-state index contributed by atoms with van der Waals surface area (Å²) in [7, 11) is -1.10. The van der Waals surface area contributed by atoms with Gasteiger partial charge in [-0.15, -0.1) is 0 Å². The zero-order valence-corrected chi connectivity index (χ0v) is 11.8. The summed E-state index contributed by atoms with van der Waals surface area (Å²) in [5, 5.41) is 13.5. The molecule has 0 saturated carbocycles. The molecule has 5 heteroatoms. The Labute approximate surface area is 120 Å². The van der Waals surface area contributed by atoms with Crippen LogP contribution in [0.2, 0.25) is 0 Å². The molecule has 0 fully saturated rings. The van der Waals surface area contributed by atoms with Gasteiger partial charge in [-0.25, -0.2) is 0 Å². The molecule has 2 rings (SSSR count). The lowest BCUT2D eigenvalue weighted by Gasteiger charge is -2.02. The summed E-state index contributed by atoms with van der Waals surface area (Å²) in [6.45, 7) is 0.359. The minimum Gasteiger partial charge on any atom is -0.507 e. The average Bonchev–Trinajstić information content (AvgIpc) is 2.46. The van der Waals surface area contributed by atoms with Gasteiger partial charge >= 0.3 is 0 Å². The van der Waals surface area contributed by atoms with Gasteiger partial charge in [-0.3, -0.25) is 4.21 Å². The van der Waals surface area contributed by atoms with Crippen molar-refractivity contribution in [1.29, 1.82) is 0 Å². The number of nitrogens with zero attached hydrogens (tertiary/aromatic N) is 1. The summed E-state index contributed by atoms with van der Waals surface area (Å²) in [5.41, 5.74) is 1.49. The second-order valence-corrected chi connectivity index (χ2v) is 5.55. The highest BCUT2D eigenvalue weighted by atomic mass is 32.2. The lowest BCUT2D eigenvalue weighted by molar-refractivity contribution is 0.132. The van der Waals surface area contributed by atoms with Crippen molar-refractivity contribution in [2.75, 3.05) is 6.26 Å². The lowest BCUT2D eigenvalue weighted by atomic mass is 10.2. The number of hydrogen-bond donors (Lipinski definition) is 1. The van der Waals surface area contributed by atoms with Crippen molar-refractivity contribution in [3.05, 3.63) is 59.7 Å². The largest absolute Gasteiger partial charge is 0.507 e. The number of rotatable bonds is 5. The van der Waals surface area contributed by atoms with Gasteiger partial charge < -0.3 is 9.94 Å². The predicted octanol–water partition coefficient (Wildman–Crippen LogP) is 2.68. The van der Waals surface area contributed by atoms with E-state index in [9.17, 15) is 9.32 Å². The fraction of sp³-hybridized carbons (Fsp3) is 0.133. The number of aromatic hydroxyl groups is 1. The first kappa shape index (κ1) is 14.3. The first-order chi connectivity index (χ1) is 9.66. The maximum absolute atomic E-state index is 11.4. The molecule has 2 aromatic rings. The maximum atomic E-state index is 11.4. The van der Waals surface area contributed by atoms with Crippen LogP contribution < -0.4 is 0 Å². The number of phenolic OH excluding ortho intramolecular Hbond substituents is 1. The highest BCUT2D eigenvalue weighted by Gasteiger charge is 2.03. The summed E-state index contributed by atoms with van der Waals surface area (Å²) in [6.07, 6.45) is 2.99. The summed E-state index contributed by atoms with van der Waals surface area (Å²) in [5.74, 6) is 0.0752. The molecule has 1 N–H and O–H groups in total. The van der Waals surface area contributed by atoms with E-state index in [1.165, 1.54) is 12.3 Å². The second-order valence-electron chi connectivity index (χ2n) is 4.17. The van der Waals surface area contributed by atoms with Gasteiger partial charge in [0.2, 0.25) is 0 Å². The smallest absolute Gasteiger partial charge is 0.142 e. The molecule has 104 valence electrons. The van der Waals surface area contributed by atoms with E-state index in [-0.39, 0.29) is 5.75 Å². The summed E-state index contributed by atoms with van der Waals surface area (Å²) in [6, 6.07) is 14.4. The summed E-state index contributed by atoms with van der Waals surface area (Å²) in [4.78, 5) is 5.79. The van der Waals surface area contributed by atoms with Gasteiger partial charge in [0.15, 0.2) is 0 Å². The molecule has 0 amide bonds. The molecule has 0 aromatic heterocycles. The Morgan fingerprint density at radius 3 is 2.70 bits per heavy atom. The Hall–Kier alpha value is -2.14. The molecule has 0 bridgehead atoms. The number of phenols is 1. The van der Waals surface area contributed by atoms with Crippen molar-refractivity contribution in [3.63, 3.8) is 0 Å². The molecule has 20 heavy (non-hydrogen) atoms. The van der Waals surface area contributed by atoms with Gasteiger partial charge in [0, 0.05) is 27.5 Å². The van der Waals surface area contributed by atoms with Crippen LogP contribution >= 0.6 is 0 Å². The zero-order valence-electron chi connectivity index (χ0n) is 11.0. The van der Waals surface area contributed by atoms with Gasteiger partial charge in [0.1, 0.15) is 12.4 Å². The quantitative estimate of drug-likeness (QED) is 0.680. The Balaban J connectivity index is 2.00. The molecular weight excluding hydrogens is 274 g/mol. The molecular formula is C15H15NO3S. The van der Waals surface area contributed by atoms with Crippen LogP contribution in [0.1, 0.15) is 11.1 Å². The first-order valence-electron chi connectivity index (χ1n) is 6.02. The average molecular weight is 289 g/mol. The van der Waals surface area contributed by atoms with Gasteiger partial charge in [-0.1, -0.05) is 35.5 Å². The third kappa shape index (κ3) is 3.93. The number of hydrogen-bond acceptors (Lipinski definition) is 4. The minimum absolute atomic E-state index is 0.0752. The van der Waals surface area contributed by atoms with Crippen molar-refractivity contribution in [2.45, 2.75) is 11.5 Å². The van der Waals surface area contributed by atoms with Crippen LogP contribution in [0.4, 0.5) is 0 Å². The fourth-order valence-corrected chi connectivity index (χ4v) is 2.15. The number of benzene rings is 2. The van der Waals surface area contributed by atoms with Crippen LogP contribution in [-0.2, 0) is 22.2 Å². The highest BCUT2D eigenvalue weighted by molar-refractivity contribution is 7.84. The molecule has 1 atom stereocenters. The van der Waals surface area contributed by atoms with Gasteiger partial charge in [-0.05, 0) is 23.8 Å². The Kier molecular flexibility index (Phi) is 4.90. The van der Waals surface area contributed by atoms with E-state index < -0.39 is 10.8 Å². The molecule has 0 heterocycles. The standard InChI is InChI=1S/C15H15NO3S/c1-20(18)14-7-8-15(17)13(9-14)10-16-19-11-12-5-3-2-4-6-12/h2-10,17H,11H2,1H3/b16-10+. The molecule has 0 aliphatic rings. The summed E-state index contributed by atoms with van der Waals surface area (Å²) < 4.78 is 11.4. The molecule has 0 saturated heterocycles. The monoisotopic (exact) mass is 289 g/mol. The predicted molar refractivity (Wildman–Crippen MR) is 79.3 cm³/mol. The van der Waals surface area contributed by atoms with Gasteiger partial charge in [0.25, 0.3) is 0 Å². The number of oxime groups is 1. The minimum atomic E-state index is -1.10. The van der Waals surface area contributed by atoms with E-state index >= 15 is 0 Å². The Morgan fingerprint density at radius 2 is 2.00 bits per heavy atom. The van der Waals surface area contributed by atoms with Crippen molar-refractivity contribution < 1.29 is 14.2 Å². The fourth-order valence-electron chi connectivity index (χ4n) is 1.59. The lowest BCUT2D eigenvalue weighted by Crippen LogP contribution is -1.92. The van der Waals surface area contributed by atoms with Crippen LogP contribution in [0, 0.1) is 0 Å². The third-order valence-electron chi connectivity index (χ3n) is 2.67. The maximum Gasteiger partial charge on any atom is 0.142 e. The van der Waals surface area contributed by atoms with Crippen molar-refractivity contribution in [1.82, 2.24) is 0 Å². The van der Waals surface area contributed by atoms with Crippen LogP contribution in [0.3, 0.4) is 0 Å². The van der Waals surface area contributed by atoms with Gasteiger partial charge in [-0.2, -0.15) is 0 Å². The molecule has 4 nitrogen and oxygen atoms in total. The van der Waals surface area contributed by atoms with E-state index in [1.54, 1.807) is 18.4 Å². The molecule has 0 radical (unpaired) electrons. The van der Waals surface area contributed by atoms with E-state index in [0.29, 0.717) is 17.1 Å². The van der Waals surface area contributed by atoms with Crippen LogP contribution in [0.15, 0.2) is 58.6 Å². The molecule has 0 aliphatic carbocycles. The summed E-state index contributed by atoms with van der Waals surface area (Å²) >= 11 is 0. The molecule has 2 aromatic carbocycles. The van der Waals surface area contributed by atoms with E-state index in [2.05, 4.69) is 5.16 Å².